The van der Waals surface area contributed by atoms with E-state index in [4.69, 9.17) is 9.84 Å². The maximum absolute atomic E-state index is 13.1. The molecule has 2 aromatic rings. The number of Topliss-reactive ketones (excluding diaryl/α,β-unsaturated/α-hetero) is 1. The van der Waals surface area contributed by atoms with Crippen molar-refractivity contribution >= 4 is 11.8 Å². The van der Waals surface area contributed by atoms with Crippen molar-refractivity contribution in [1.29, 1.82) is 0 Å². The molecule has 23 heavy (non-hydrogen) atoms. The number of hydrogen-bond acceptors (Lipinski definition) is 3. The summed E-state index contributed by atoms with van der Waals surface area (Å²) in [7, 11) is 0. The predicted molar refractivity (Wildman–Crippen MR) is 78.6 cm³/mol. The molecule has 0 unspecified atom stereocenters. The van der Waals surface area contributed by atoms with E-state index in [-0.39, 0.29) is 18.6 Å². The summed E-state index contributed by atoms with van der Waals surface area (Å²) in [6.07, 6.45) is 0.443. The van der Waals surface area contributed by atoms with E-state index in [9.17, 15) is 18.4 Å². The van der Waals surface area contributed by atoms with E-state index in [2.05, 4.69) is 0 Å². The minimum atomic E-state index is -1.08. The van der Waals surface area contributed by atoms with Gasteiger partial charge in [-0.25, -0.2) is 8.78 Å². The van der Waals surface area contributed by atoms with Crippen LogP contribution in [0.2, 0.25) is 0 Å². The molecule has 0 aliphatic rings. The molecule has 4 nitrogen and oxygen atoms in total. The molecule has 0 amide bonds. The Kier molecular flexibility index (Phi) is 5.41. The summed E-state index contributed by atoms with van der Waals surface area (Å²) in [6.45, 7) is -0.306. The average Bonchev–Trinajstić information content (AvgIpc) is 2.54. The summed E-state index contributed by atoms with van der Waals surface area (Å²) in [5.41, 5.74) is 0.869. The molecule has 0 atom stereocenters. The number of ether oxygens (including phenoxy) is 1. The van der Waals surface area contributed by atoms with E-state index in [0.29, 0.717) is 12.2 Å². The van der Waals surface area contributed by atoms with E-state index in [1.54, 1.807) is 24.3 Å². The normalized spacial score (nSPS) is 10.3. The number of aliphatic carboxylic acids is 1. The fourth-order valence-corrected chi connectivity index (χ4v) is 1.91. The first-order valence-corrected chi connectivity index (χ1v) is 6.87. The molecule has 120 valence electrons. The average molecular weight is 320 g/mol. The van der Waals surface area contributed by atoms with Crippen molar-refractivity contribution in [1.82, 2.24) is 0 Å². The molecule has 0 aliphatic carbocycles. The highest BCUT2D eigenvalue weighted by molar-refractivity contribution is 5.97. The number of rotatable bonds is 7. The lowest BCUT2D eigenvalue weighted by Gasteiger charge is -2.07. The van der Waals surface area contributed by atoms with Crippen LogP contribution in [0.3, 0.4) is 0 Å². The van der Waals surface area contributed by atoms with Crippen LogP contribution < -0.4 is 4.74 Å². The van der Waals surface area contributed by atoms with Crippen molar-refractivity contribution in [2.45, 2.75) is 12.8 Å². The fourth-order valence-electron chi connectivity index (χ4n) is 1.91. The number of halogens is 2. The van der Waals surface area contributed by atoms with Gasteiger partial charge in [0.1, 0.15) is 5.75 Å². The first kappa shape index (κ1) is 16.6. The summed E-state index contributed by atoms with van der Waals surface area (Å²) in [4.78, 5) is 22.3. The highest BCUT2D eigenvalue weighted by atomic mass is 19.2. The van der Waals surface area contributed by atoms with Gasteiger partial charge in [-0.05, 0) is 42.3 Å². The second-order valence-electron chi connectivity index (χ2n) is 4.88. The number of carboxylic acids is 1. The summed E-state index contributed by atoms with van der Waals surface area (Å²) >= 11 is 0. The van der Waals surface area contributed by atoms with Crippen molar-refractivity contribution in [3.8, 4) is 5.75 Å². The van der Waals surface area contributed by atoms with Crippen molar-refractivity contribution in [3.05, 3.63) is 65.2 Å². The summed E-state index contributed by atoms with van der Waals surface area (Å²) in [5.74, 6) is -3.01. The smallest absolute Gasteiger partial charge is 0.303 e. The van der Waals surface area contributed by atoms with Crippen LogP contribution in [0.5, 0.6) is 5.75 Å². The van der Waals surface area contributed by atoms with Gasteiger partial charge in [-0.1, -0.05) is 12.1 Å². The molecular formula is C17H14F2O4. The van der Waals surface area contributed by atoms with Crippen LogP contribution in [0.15, 0.2) is 42.5 Å². The Labute approximate surface area is 131 Å². The Hall–Kier alpha value is -2.76. The minimum Gasteiger partial charge on any atom is -0.485 e. The second kappa shape index (κ2) is 7.49. The number of hydrogen-bond donors (Lipinski definition) is 1. The zero-order valence-electron chi connectivity index (χ0n) is 12.1. The first-order chi connectivity index (χ1) is 11.0. The van der Waals surface area contributed by atoms with Crippen LogP contribution in [0.25, 0.3) is 0 Å². The van der Waals surface area contributed by atoms with Gasteiger partial charge in [0, 0.05) is 12.0 Å². The lowest BCUT2D eigenvalue weighted by atomic mass is 10.1. The number of carbonyl (C=O) groups is 2. The molecule has 1 N–H and O–H groups in total. The first-order valence-electron chi connectivity index (χ1n) is 6.87. The standard InChI is InChI=1S/C17H14F2O4/c18-14-7-4-12(9-15(14)19)16(20)10-23-13-5-1-11(2-6-13)3-8-17(21)22/h1-2,4-7,9H,3,8,10H2,(H,21,22). The highest BCUT2D eigenvalue weighted by Crippen LogP contribution is 2.15. The van der Waals surface area contributed by atoms with Crippen molar-refractivity contribution in [3.63, 3.8) is 0 Å². The molecule has 0 fully saturated rings. The van der Waals surface area contributed by atoms with Gasteiger partial charge in [0.05, 0.1) is 0 Å². The Morgan fingerprint density at radius 1 is 1.00 bits per heavy atom. The van der Waals surface area contributed by atoms with Crippen molar-refractivity contribution in [2.75, 3.05) is 6.61 Å². The molecule has 0 heterocycles. The molecule has 0 bridgehead atoms. The Balaban J connectivity index is 1.91. The summed E-state index contributed by atoms with van der Waals surface area (Å²) in [6, 6.07) is 9.57. The van der Waals surface area contributed by atoms with Gasteiger partial charge >= 0.3 is 5.97 Å². The maximum atomic E-state index is 13.1. The summed E-state index contributed by atoms with van der Waals surface area (Å²) < 4.78 is 31.2. The van der Waals surface area contributed by atoms with Crippen LogP contribution in [0.4, 0.5) is 8.78 Å². The van der Waals surface area contributed by atoms with Gasteiger partial charge in [-0.15, -0.1) is 0 Å². The van der Waals surface area contributed by atoms with Gasteiger partial charge in [-0.3, -0.25) is 9.59 Å². The third-order valence-corrected chi connectivity index (χ3v) is 3.16. The zero-order chi connectivity index (χ0) is 16.8. The van der Waals surface area contributed by atoms with Gasteiger partial charge < -0.3 is 9.84 Å². The van der Waals surface area contributed by atoms with E-state index >= 15 is 0 Å². The minimum absolute atomic E-state index is 0.0296. The van der Waals surface area contributed by atoms with Crippen LogP contribution in [0, 0.1) is 11.6 Å². The zero-order valence-corrected chi connectivity index (χ0v) is 12.1. The van der Waals surface area contributed by atoms with E-state index in [0.717, 1.165) is 17.7 Å². The number of benzene rings is 2. The SMILES string of the molecule is O=C(O)CCc1ccc(OCC(=O)c2ccc(F)c(F)c2)cc1. The third-order valence-electron chi connectivity index (χ3n) is 3.16. The molecular weight excluding hydrogens is 306 g/mol. The number of ketones is 1. The van der Waals surface area contributed by atoms with Crippen molar-refractivity contribution < 1.29 is 28.2 Å². The largest absolute Gasteiger partial charge is 0.485 e. The maximum Gasteiger partial charge on any atom is 0.303 e. The molecule has 0 saturated heterocycles. The van der Waals surface area contributed by atoms with E-state index in [1.807, 2.05) is 0 Å². The van der Waals surface area contributed by atoms with Gasteiger partial charge in [0.25, 0.3) is 0 Å². The van der Waals surface area contributed by atoms with Crippen molar-refractivity contribution in [2.24, 2.45) is 0 Å². The molecule has 0 aliphatic heterocycles. The molecule has 0 spiro atoms. The molecule has 2 rings (SSSR count). The lowest BCUT2D eigenvalue weighted by molar-refractivity contribution is -0.136. The Morgan fingerprint density at radius 3 is 2.30 bits per heavy atom. The highest BCUT2D eigenvalue weighted by Gasteiger charge is 2.10. The van der Waals surface area contributed by atoms with Gasteiger partial charge in [0.2, 0.25) is 0 Å². The Bertz CT molecular complexity index is 711. The topological polar surface area (TPSA) is 63.6 Å². The Morgan fingerprint density at radius 2 is 1.70 bits per heavy atom. The molecule has 0 radical (unpaired) electrons. The van der Waals surface area contributed by atoms with Gasteiger partial charge in [0.15, 0.2) is 24.0 Å². The lowest BCUT2D eigenvalue weighted by Crippen LogP contribution is -2.12. The van der Waals surface area contributed by atoms with Crippen LogP contribution >= 0.6 is 0 Å². The van der Waals surface area contributed by atoms with Crippen LogP contribution in [0.1, 0.15) is 22.3 Å². The fraction of sp³-hybridized carbons (Fsp3) is 0.176. The molecule has 2 aromatic carbocycles. The van der Waals surface area contributed by atoms with Crippen LogP contribution in [-0.4, -0.2) is 23.5 Å². The van der Waals surface area contributed by atoms with Crippen LogP contribution in [-0.2, 0) is 11.2 Å². The van der Waals surface area contributed by atoms with E-state index in [1.165, 1.54) is 6.07 Å². The number of carbonyl (C=O) groups excluding carboxylic acids is 1. The quantitative estimate of drug-likeness (QED) is 0.796. The predicted octanol–water partition coefficient (Wildman–Crippen LogP) is 3.24. The van der Waals surface area contributed by atoms with Gasteiger partial charge in [-0.2, -0.15) is 0 Å². The molecule has 0 aromatic heterocycles. The number of carboxylic acid groups (broad SMARTS) is 1. The second-order valence-corrected chi connectivity index (χ2v) is 4.88. The molecule has 0 saturated carbocycles. The summed E-state index contributed by atoms with van der Waals surface area (Å²) in [5, 5.41) is 8.61. The molecule has 6 heteroatoms. The third kappa shape index (κ3) is 4.88. The monoisotopic (exact) mass is 320 g/mol. The number of aryl methyl sites for hydroxylation is 1. The van der Waals surface area contributed by atoms with E-state index < -0.39 is 23.4 Å².